The van der Waals surface area contributed by atoms with Crippen molar-refractivity contribution in [1.82, 2.24) is 28.9 Å². The molecule has 12 rings (SSSR count). The van der Waals surface area contributed by atoms with Crippen molar-refractivity contribution in [2.24, 2.45) is 0 Å². The fourth-order valence-electron chi connectivity index (χ4n) is 13.3. The predicted octanol–water partition coefficient (Wildman–Crippen LogP) is 11.4. The highest BCUT2D eigenvalue weighted by Crippen LogP contribution is 2.46. The molecule has 0 unspecified atom stereocenters. The van der Waals surface area contributed by atoms with Gasteiger partial charge in [0.15, 0.2) is 24.0 Å². The van der Waals surface area contributed by atoms with Crippen LogP contribution in [0.4, 0.5) is 0 Å². The lowest BCUT2D eigenvalue weighted by atomic mass is 9.75. The lowest BCUT2D eigenvalue weighted by molar-refractivity contribution is -0.171. The molecule has 1 N–H and O–H groups in total. The highest BCUT2D eigenvalue weighted by atomic mass is 16.6. The van der Waals surface area contributed by atoms with Gasteiger partial charge in [-0.1, -0.05) is 250 Å². The fraction of sp³-hybridized carbons (Fsp3) is 0.244. The molecule has 19 nitrogen and oxygen atoms in total. The van der Waals surface area contributed by atoms with Gasteiger partial charge in [0.2, 0.25) is 0 Å². The molecule has 10 aromatic rings. The molecular formula is C82H78N6O13. The Morgan fingerprint density at radius 1 is 0.416 bits per heavy atom. The fourth-order valence-corrected chi connectivity index (χ4v) is 13.3. The zero-order chi connectivity index (χ0) is 70.6. The molecule has 19 heteroatoms. The number of aliphatic carboxylic acids is 1. The molecule has 0 radical (unpaired) electrons. The second-order valence-electron chi connectivity index (χ2n) is 24.7. The number of carbonyl (C=O) groups is 6. The highest BCUT2D eigenvalue weighted by Gasteiger charge is 2.49. The molecular weight excluding hydrogens is 1280 g/mol. The average molecular weight is 1360 g/mol. The van der Waals surface area contributed by atoms with Gasteiger partial charge in [0.05, 0.1) is 54.6 Å². The number of ketones is 3. The number of hydrogen-bond acceptors (Lipinski definition) is 16. The number of morpholine rings is 2. The van der Waals surface area contributed by atoms with E-state index in [-0.39, 0.29) is 82.2 Å². The Kier molecular flexibility index (Phi) is 23.9. The van der Waals surface area contributed by atoms with Crippen LogP contribution in [0.15, 0.2) is 277 Å². The van der Waals surface area contributed by atoms with Crippen molar-refractivity contribution in [3.8, 4) is 0 Å². The van der Waals surface area contributed by atoms with Crippen LogP contribution in [-0.4, -0.2) is 121 Å². The molecule has 0 saturated carbocycles. The molecule has 2 aliphatic heterocycles. The Balaban J connectivity index is 0.000000203. The van der Waals surface area contributed by atoms with E-state index in [1.807, 2.05) is 121 Å². The van der Waals surface area contributed by atoms with Crippen molar-refractivity contribution in [2.45, 2.75) is 87.6 Å². The molecule has 2 saturated heterocycles. The van der Waals surface area contributed by atoms with E-state index >= 15 is 0 Å². The zero-order valence-corrected chi connectivity index (χ0v) is 55.9. The number of ether oxygens (including phenoxy) is 4. The van der Waals surface area contributed by atoms with Gasteiger partial charge in [0, 0.05) is 62.5 Å². The Morgan fingerprint density at radius 3 is 1.00 bits per heavy atom. The van der Waals surface area contributed by atoms with Crippen molar-refractivity contribution >= 4 is 35.3 Å². The van der Waals surface area contributed by atoms with Crippen LogP contribution in [0.1, 0.15) is 117 Å². The van der Waals surface area contributed by atoms with E-state index in [1.54, 1.807) is 80.0 Å². The number of esters is 2. The number of nitrogens with zero attached hydrogens (tertiary/aromatic N) is 6. The predicted molar refractivity (Wildman–Crippen MR) is 379 cm³/mol. The van der Waals surface area contributed by atoms with Gasteiger partial charge in [-0.25, -0.2) is 9.59 Å². The van der Waals surface area contributed by atoms with Crippen LogP contribution in [0.5, 0.6) is 0 Å². The van der Waals surface area contributed by atoms with Gasteiger partial charge in [-0.15, -0.1) is 0 Å². The van der Waals surface area contributed by atoms with E-state index in [0.717, 1.165) is 33.4 Å². The van der Waals surface area contributed by atoms with E-state index in [9.17, 15) is 38.4 Å². The monoisotopic (exact) mass is 1350 g/mol. The summed E-state index contributed by atoms with van der Waals surface area (Å²) < 4.78 is 27.1. The van der Waals surface area contributed by atoms with Gasteiger partial charge in [0.25, 0.3) is 0 Å². The van der Waals surface area contributed by atoms with Crippen LogP contribution in [0, 0.1) is 0 Å². The largest absolute Gasteiger partial charge is 0.481 e. The van der Waals surface area contributed by atoms with E-state index < -0.39 is 65.0 Å². The molecule has 101 heavy (non-hydrogen) atoms. The second kappa shape index (κ2) is 34.0. The molecule has 8 aromatic carbocycles. The number of hydrogen-bond donors (Lipinski definition) is 1. The van der Waals surface area contributed by atoms with Gasteiger partial charge in [-0.05, 0) is 45.5 Å². The summed E-state index contributed by atoms with van der Waals surface area (Å²) in [6.07, 6.45) is -0.0356. The minimum absolute atomic E-state index is 0.00809. The molecule has 4 atom stereocenters. The van der Waals surface area contributed by atoms with Crippen molar-refractivity contribution in [2.75, 3.05) is 39.4 Å². The molecule has 2 aliphatic rings. The maximum atomic E-state index is 13.7. The van der Waals surface area contributed by atoms with Crippen LogP contribution >= 0.6 is 0 Å². The molecule has 0 bridgehead atoms. The van der Waals surface area contributed by atoms with Gasteiger partial charge >= 0.3 is 29.3 Å². The SMILES string of the molecule is CCC(=O)CCC(=O)OC[C@@H]1CN(C(c2ccccc2)(c2ccccc2)c2ccccc2)C[C@H](n2ccc(CC(=O)c3ccccc3)nc2=O)O1.O=C(O)CCC(=O)OC[C@@H]1CN(C(c2ccccc2)(c2ccccc2)c2ccccc2)C[C@H](n2ccc(CC(=O)c3ccccc3)nc2=O)O1. The molecule has 0 amide bonds. The van der Waals surface area contributed by atoms with Crippen LogP contribution in [0.25, 0.3) is 0 Å². The van der Waals surface area contributed by atoms with Crippen LogP contribution in [0.2, 0.25) is 0 Å². The summed E-state index contributed by atoms with van der Waals surface area (Å²) in [6, 6.07) is 81.8. The lowest BCUT2D eigenvalue weighted by Crippen LogP contribution is -2.58. The molecule has 0 spiro atoms. The van der Waals surface area contributed by atoms with Gasteiger partial charge in [-0.3, -0.25) is 47.7 Å². The number of rotatable bonds is 27. The third kappa shape index (κ3) is 17.3. The topological polar surface area (TPSA) is 236 Å². The first-order valence-electron chi connectivity index (χ1n) is 33.7. The highest BCUT2D eigenvalue weighted by molar-refractivity contribution is 5.97. The van der Waals surface area contributed by atoms with Gasteiger partial charge < -0.3 is 24.1 Å². The number of carbonyl (C=O) groups excluding carboxylic acids is 5. The number of carboxylic acid groups (broad SMARTS) is 1. The smallest absolute Gasteiger partial charge is 0.349 e. The summed E-state index contributed by atoms with van der Waals surface area (Å²) in [5, 5.41) is 9.04. The number of carboxylic acids is 1. The molecule has 0 aliphatic carbocycles. The maximum absolute atomic E-state index is 13.7. The number of aromatic nitrogens is 4. The summed E-state index contributed by atoms with van der Waals surface area (Å²) >= 11 is 0. The van der Waals surface area contributed by atoms with Crippen LogP contribution < -0.4 is 11.4 Å². The van der Waals surface area contributed by atoms with Crippen molar-refractivity contribution in [3.05, 3.63) is 344 Å². The summed E-state index contributed by atoms with van der Waals surface area (Å²) in [7, 11) is 0. The number of Topliss-reactive ketones (excluding diaryl/α,β-unsaturated/α-hetero) is 3. The third-order valence-corrected chi connectivity index (χ3v) is 18.1. The van der Waals surface area contributed by atoms with Gasteiger partial charge in [0.1, 0.15) is 31.2 Å². The minimum Gasteiger partial charge on any atom is -0.481 e. The first kappa shape index (κ1) is 71.1. The first-order chi connectivity index (χ1) is 49.2. The minimum atomic E-state index is -1.10. The van der Waals surface area contributed by atoms with Gasteiger partial charge in [-0.2, -0.15) is 9.97 Å². The van der Waals surface area contributed by atoms with Crippen LogP contribution in [-0.2, 0) is 62.0 Å². The molecule has 4 heterocycles. The standard InChI is InChI=1S/C42H41N3O6.C40H37N3O7/c1-2-36(46)23-24-40(48)50-30-37-28-44(29-39(51-37)45-26-25-35(43-41(45)49)27-38(47)31-15-7-3-8-16-31)42(32-17-9-4-10-18-32,33-19-11-5-12-20-33)34-21-13-6-14-22-34;44-35(29-13-5-1-6-14-29)25-33-23-24-43(39(48)41-33)36-27-42(26-34(50-36)28-49-38(47)22-21-37(45)46)40(30-15-7-2-8-16-30,31-17-9-3-10-18-31)32-19-11-4-12-20-32/h3-22,25-26,37,39H,2,23-24,27-30H2,1H3;1-20,23-24,34,36H,21-22,25-28H2,(H,45,46)/t37-,39+;34-,36+/m00/s1. The van der Waals surface area contributed by atoms with E-state index in [0.29, 0.717) is 42.0 Å². The Hall–Kier alpha value is -11.2. The average Bonchev–Trinajstić information content (AvgIpc) is 0.737. The summed E-state index contributed by atoms with van der Waals surface area (Å²) in [4.78, 5) is 114. The van der Waals surface area contributed by atoms with E-state index in [4.69, 9.17) is 24.1 Å². The first-order valence-corrected chi connectivity index (χ1v) is 33.7. The molecule has 2 aromatic heterocycles. The normalized spacial score (nSPS) is 16.4. The van der Waals surface area contributed by atoms with E-state index in [1.165, 1.54) is 9.13 Å². The third-order valence-electron chi connectivity index (χ3n) is 18.1. The summed E-state index contributed by atoms with van der Waals surface area (Å²) in [5.41, 5.74) is 4.91. The molecule has 514 valence electrons. The quantitative estimate of drug-likeness (QED) is 0.0286. The second-order valence-corrected chi connectivity index (χ2v) is 24.7. The van der Waals surface area contributed by atoms with Crippen molar-refractivity contribution in [3.63, 3.8) is 0 Å². The Morgan fingerprint density at radius 2 is 0.713 bits per heavy atom. The number of benzene rings is 8. The van der Waals surface area contributed by atoms with Crippen molar-refractivity contribution < 1.29 is 52.8 Å². The Bertz CT molecular complexity index is 4340. The molecule has 2 fully saturated rings. The summed E-state index contributed by atoms with van der Waals surface area (Å²) in [6.45, 7) is 2.69. The maximum Gasteiger partial charge on any atom is 0.349 e. The summed E-state index contributed by atoms with van der Waals surface area (Å²) in [5.74, 6) is -2.54. The zero-order valence-electron chi connectivity index (χ0n) is 55.9. The lowest BCUT2D eigenvalue weighted by Gasteiger charge is -2.50. The Labute approximate surface area is 585 Å². The van der Waals surface area contributed by atoms with Crippen LogP contribution in [0.3, 0.4) is 0 Å². The van der Waals surface area contributed by atoms with Crippen molar-refractivity contribution in [1.29, 1.82) is 0 Å². The van der Waals surface area contributed by atoms with E-state index in [2.05, 4.69) is 92.6 Å².